The molecule has 0 spiro atoms. The Balaban J connectivity index is 2.15. The van der Waals surface area contributed by atoms with Crippen molar-refractivity contribution >= 4 is 29.9 Å². The van der Waals surface area contributed by atoms with Gasteiger partial charge in [-0.05, 0) is 36.3 Å². The van der Waals surface area contributed by atoms with Crippen molar-refractivity contribution < 1.29 is 19.5 Å². The number of thioether (sulfide) groups is 1. The van der Waals surface area contributed by atoms with Crippen LogP contribution in [0, 0.1) is 0 Å². The molecule has 1 heterocycles. The highest BCUT2D eigenvalue weighted by Crippen LogP contribution is 2.34. The SMILES string of the molecule is C=C(O)CCCSc1cccc2c1CN(C(CCC=O)C(=O)NC)C2=O. The lowest BCUT2D eigenvalue weighted by atomic mass is 10.1. The molecule has 26 heavy (non-hydrogen) atoms. The van der Waals surface area contributed by atoms with Gasteiger partial charge in [-0.3, -0.25) is 9.59 Å². The van der Waals surface area contributed by atoms with Crippen molar-refractivity contribution in [2.45, 2.75) is 43.2 Å². The standard InChI is InChI=1S/C19H24N2O4S/c1-13(23)6-5-11-26-17-9-3-7-14-15(17)12-21(19(14)25)16(8-4-10-22)18(24)20-2/h3,7,9-10,16,23H,1,4-6,8,11-12H2,2H3,(H,20,24). The summed E-state index contributed by atoms with van der Waals surface area (Å²) in [5.74, 6) is 0.539. The third kappa shape index (κ3) is 4.66. The van der Waals surface area contributed by atoms with Crippen molar-refractivity contribution in [1.82, 2.24) is 10.2 Å². The number of likely N-dealkylation sites (N-methyl/N-ethyl adjacent to an activating group) is 1. The molecule has 1 aliphatic heterocycles. The molecule has 1 unspecified atom stereocenters. The number of rotatable bonds is 10. The van der Waals surface area contributed by atoms with E-state index in [1.54, 1.807) is 22.7 Å². The van der Waals surface area contributed by atoms with E-state index in [9.17, 15) is 14.4 Å². The van der Waals surface area contributed by atoms with Crippen LogP contribution >= 0.6 is 11.8 Å². The molecule has 7 heteroatoms. The zero-order chi connectivity index (χ0) is 19.1. The number of fused-ring (bicyclic) bond motifs is 1. The molecule has 1 atom stereocenters. The van der Waals surface area contributed by atoms with Crippen LogP contribution in [-0.2, 0) is 16.1 Å². The second-order valence-electron chi connectivity index (χ2n) is 6.11. The molecule has 0 saturated carbocycles. The van der Waals surface area contributed by atoms with Gasteiger partial charge in [0.1, 0.15) is 12.3 Å². The summed E-state index contributed by atoms with van der Waals surface area (Å²) in [5, 5.41) is 11.7. The van der Waals surface area contributed by atoms with E-state index < -0.39 is 6.04 Å². The first-order valence-corrected chi connectivity index (χ1v) is 9.55. The molecule has 2 N–H and O–H groups in total. The molecule has 6 nitrogen and oxygen atoms in total. The van der Waals surface area contributed by atoms with Gasteiger partial charge in [0, 0.05) is 36.9 Å². The minimum Gasteiger partial charge on any atom is -0.513 e. The molecular weight excluding hydrogens is 352 g/mol. The fraction of sp³-hybridized carbons (Fsp3) is 0.421. The molecule has 0 aromatic heterocycles. The topological polar surface area (TPSA) is 86.7 Å². The molecule has 0 saturated heterocycles. The number of aliphatic hydroxyl groups excluding tert-OH is 1. The van der Waals surface area contributed by atoms with E-state index in [1.807, 2.05) is 12.1 Å². The average Bonchev–Trinajstić information content (AvgIpc) is 2.96. The Morgan fingerprint density at radius 2 is 2.27 bits per heavy atom. The lowest BCUT2D eigenvalue weighted by molar-refractivity contribution is -0.125. The number of aldehydes is 1. The maximum atomic E-state index is 12.8. The molecule has 0 aliphatic carbocycles. The minimum atomic E-state index is -0.652. The van der Waals surface area contributed by atoms with Crippen molar-refractivity contribution in [2.75, 3.05) is 12.8 Å². The van der Waals surface area contributed by atoms with E-state index in [2.05, 4.69) is 11.9 Å². The van der Waals surface area contributed by atoms with E-state index in [0.717, 1.165) is 28.9 Å². The molecule has 1 aliphatic rings. The van der Waals surface area contributed by atoms with E-state index in [0.29, 0.717) is 24.9 Å². The largest absolute Gasteiger partial charge is 0.513 e. The summed E-state index contributed by atoms with van der Waals surface area (Å²) in [6.45, 7) is 3.84. The van der Waals surface area contributed by atoms with Crippen LogP contribution in [0.4, 0.5) is 0 Å². The Bertz CT molecular complexity index is 705. The average molecular weight is 376 g/mol. The van der Waals surface area contributed by atoms with Crippen LogP contribution in [0.5, 0.6) is 0 Å². The van der Waals surface area contributed by atoms with Crippen LogP contribution in [0.3, 0.4) is 0 Å². The fourth-order valence-electron chi connectivity index (χ4n) is 2.99. The quantitative estimate of drug-likeness (QED) is 0.284. The summed E-state index contributed by atoms with van der Waals surface area (Å²) >= 11 is 1.63. The van der Waals surface area contributed by atoms with Gasteiger partial charge < -0.3 is 20.1 Å². The van der Waals surface area contributed by atoms with Crippen LogP contribution in [0.15, 0.2) is 35.4 Å². The predicted molar refractivity (Wildman–Crippen MR) is 101 cm³/mol. The maximum Gasteiger partial charge on any atom is 0.255 e. The molecular formula is C19H24N2O4S. The summed E-state index contributed by atoms with van der Waals surface area (Å²) in [5.41, 5.74) is 1.53. The van der Waals surface area contributed by atoms with Crippen LogP contribution in [0.25, 0.3) is 0 Å². The number of benzene rings is 1. The molecule has 2 amide bonds. The van der Waals surface area contributed by atoms with Crippen molar-refractivity contribution in [3.63, 3.8) is 0 Å². The first kappa shape index (κ1) is 20.0. The minimum absolute atomic E-state index is 0.175. The Hall–Kier alpha value is -2.28. The summed E-state index contributed by atoms with van der Waals surface area (Å²) in [6, 6.07) is 4.93. The maximum absolute atomic E-state index is 12.8. The van der Waals surface area contributed by atoms with Gasteiger partial charge in [-0.2, -0.15) is 0 Å². The highest BCUT2D eigenvalue weighted by atomic mass is 32.2. The Morgan fingerprint density at radius 3 is 2.92 bits per heavy atom. The third-order valence-corrected chi connectivity index (χ3v) is 5.49. The smallest absolute Gasteiger partial charge is 0.255 e. The van der Waals surface area contributed by atoms with E-state index >= 15 is 0 Å². The van der Waals surface area contributed by atoms with Crippen LogP contribution in [0.2, 0.25) is 0 Å². The highest BCUT2D eigenvalue weighted by molar-refractivity contribution is 7.99. The number of allylic oxidation sites excluding steroid dienone is 1. The monoisotopic (exact) mass is 376 g/mol. The molecule has 1 aromatic rings. The fourth-order valence-corrected chi connectivity index (χ4v) is 4.02. The predicted octanol–water partition coefficient (Wildman–Crippen LogP) is 2.68. The lowest BCUT2D eigenvalue weighted by Gasteiger charge is -2.25. The van der Waals surface area contributed by atoms with E-state index in [4.69, 9.17) is 5.11 Å². The summed E-state index contributed by atoms with van der Waals surface area (Å²) in [6.07, 6.45) is 2.65. The third-order valence-electron chi connectivity index (χ3n) is 4.30. The zero-order valence-corrected chi connectivity index (χ0v) is 15.7. The summed E-state index contributed by atoms with van der Waals surface area (Å²) in [4.78, 5) is 38.3. The molecule has 2 rings (SSSR count). The first-order valence-electron chi connectivity index (χ1n) is 8.57. The summed E-state index contributed by atoms with van der Waals surface area (Å²) < 4.78 is 0. The van der Waals surface area contributed by atoms with Gasteiger partial charge in [0.2, 0.25) is 5.91 Å². The molecule has 0 bridgehead atoms. The van der Waals surface area contributed by atoms with Crippen molar-refractivity contribution in [1.29, 1.82) is 0 Å². The second kappa shape index (κ2) is 9.43. The highest BCUT2D eigenvalue weighted by Gasteiger charge is 2.36. The Morgan fingerprint density at radius 1 is 1.50 bits per heavy atom. The number of hydrogen-bond donors (Lipinski definition) is 2. The van der Waals surface area contributed by atoms with Gasteiger partial charge >= 0.3 is 0 Å². The van der Waals surface area contributed by atoms with Gasteiger partial charge in [0.15, 0.2) is 0 Å². The lowest BCUT2D eigenvalue weighted by Crippen LogP contribution is -2.46. The van der Waals surface area contributed by atoms with E-state index in [1.165, 1.54) is 7.05 Å². The number of aliphatic hydroxyl groups is 1. The van der Waals surface area contributed by atoms with Gasteiger partial charge in [-0.15, -0.1) is 11.8 Å². The van der Waals surface area contributed by atoms with E-state index in [-0.39, 0.29) is 24.0 Å². The van der Waals surface area contributed by atoms with Crippen LogP contribution in [0.1, 0.15) is 41.6 Å². The normalized spacial score (nSPS) is 14.0. The van der Waals surface area contributed by atoms with Crippen LogP contribution < -0.4 is 5.32 Å². The second-order valence-corrected chi connectivity index (χ2v) is 7.24. The van der Waals surface area contributed by atoms with Crippen LogP contribution in [-0.4, -0.2) is 46.9 Å². The molecule has 140 valence electrons. The number of nitrogens with zero attached hydrogens (tertiary/aromatic N) is 1. The number of amides is 2. The number of nitrogens with one attached hydrogen (secondary N) is 1. The summed E-state index contributed by atoms with van der Waals surface area (Å²) in [7, 11) is 1.53. The number of carbonyl (C=O) groups excluding carboxylic acids is 3. The zero-order valence-electron chi connectivity index (χ0n) is 14.9. The van der Waals surface area contributed by atoms with Crippen molar-refractivity contribution in [3.8, 4) is 0 Å². The molecule has 0 fully saturated rings. The first-order chi connectivity index (χ1) is 12.5. The Labute approximate surface area is 157 Å². The molecule has 0 radical (unpaired) electrons. The van der Waals surface area contributed by atoms with Gasteiger partial charge in [-0.25, -0.2) is 0 Å². The van der Waals surface area contributed by atoms with Gasteiger partial charge in [0.25, 0.3) is 5.91 Å². The van der Waals surface area contributed by atoms with Gasteiger partial charge in [0.05, 0.1) is 5.76 Å². The van der Waals surface area contributed by atoms with Crippen molar-refractivity contribution in [2.24, 2.45) is 0 Å². The van der Waals surface area contributed by atoms with Crippen molar-refractivity contribution in [3.05, 3.63) is 41.7 Å². The number of carbonyl (C=O) groups is 3. The molecule has 1 aromatic carbocycles. The Kier molecular flexibility index (Phi) is 7.26. The number of hydrogen-bond acceptors (Lipinski definition) is 5. The van der Waals surface area contributed by atoms with Gasteiger partial charge in [-0.1, -0.05) is 12.6 Å².